The molecule has 0 atom stereocenters. The molecule has 0 aliphatic rings. The molecule has 0 aliphatic carbocycles. The van der Waals surface area contributed by atoms with E-state index in [-0.39, 0.29) is 11.1 Å². The number of carbonyl (C=O) groups is 2. The van der Waals surface area contributed by atoms with E-state index in [1.165, 1.54) is 20.3 Å². The third-order valence-corrected chi connectivity index (χ3v) is 2.16. The van der Waals surface area contributed by atoms with E-state index in [0.29, 0.717) is 0 Å². The van der Waals surface area contributed by atoms with Crippen molar-refractivity contribution in [1.82, 2.24) is 0 Å². The van der Waals surface area contributed by atoms with Gasteiger partial charge in [-0.2, -0.15) is 0 Å². The van der Waals surface area contributed by atoms with Gasteiger partial charge in [0.2, 0.25) is 0 Å². The normalized spacial score (nSPS) is 12.0. The van der Waals surface area contributed by atoms with Crippen LogP contribution in [0.5, 0.6) is 0 Å². The minimum absolute atomic E-state index is 0.105. The Hall–Kier alpha value is -1.84. The zero-order chi connectivity index (χ0) is 13.4. The molecule has 0 fully saturated rings. The standard InChI is InChI=1S/C13H18O4/c1-6-9(2)7-11(13(15)17-5)8-10(3)12(14)16-4/h7-8H,3,6H2,1-2,4-5H3/b9-7+,11-8+. The van der Waals surface area contributed by atoms with Gasteiger partial charge in [-0.25, -0.2) is 9.59 Å². The minimum Gasteiger partial charge on any atom is -0.465 e. The van der Waals surface area contributed by atoms with E-state index >= 15 is 0 Å². The molecule has 0 saturated heterocycles. The van der Waals surface area contributed by atoms with Gasteiger partial charge >= 0.3 is 11.9 Å². The summed E-state index contributed by atoms with van der Waals surface area (Å²) >= 11 is 0. The van der Waals surface area contributed by atoms with E-state index in [2.05, 4.69) is 16.1 Å². The molecule has 4 nitrogen and oxygen atoms in total. The predicted octanol–water partition coefficient (Wildman–Crippen LogP) is 2.17. The fourth-order valence-electron chi connectivity index (χ4n) is 1.02. The summed E-state index contributed by atoms with van der Waals surface area (Å²) in [5, 5.41) is 0. The lowest BCUT2D eigenvalue weighted by Crippen LogP contribution is -2.07. The van der Waals surface area contributed by atoms with E-state index in [1.54, 1.807) is 6.08 Å². The van der Waals surface area contributed by atoms with Gasteiger partial charge in [-0.15, -0.1) is 0 Å². The van der Waals surface area contributed by atoms with Crippen molar-refractivity contribution in [2.75, 3.05) is 14.2 Å². The lowest BCUT2D eigenvalue weighted by molar-refractivity contribution is -0.135. The first-order valence-electron chi connectivity index (χ1n) is 5.20. The molecule has 0 aromatic carbocycles. The van der Waals surface area contributed by atoms with Crippen molar-refractivity contribution < 1.29 is 19.1 Å². The number of allylic oxidation sites excluding steroid dienone is 1. The van der Waals surface area contributed by atoms with Crippen LogP contribution in [0.4, 0.5) is 0 Å². The molecule has 0 amide bonds. The zero-order valence-corrected chi connectivity index (χ0v) is 10.7. The van der Waals surface area contributed by atoms with Gasteiger partial charge in [0.15, 0.2) is 0 Å². The van der Waals surface area contributed by atoms with Gasteiger partial charge in [0.05, 0.1) is 25.4 Å². The largest absolute Gasteiger partial charge is 0.465 e. The molecule has 0 spiro atoms. The maximum Gasteiger partial charge on any atom is 0.337 e. The Morgan fingerprint density at radius 1 is 1.12 bits per heavy atom. The van der Waals surface area contributed by atoms with E-state index in [0.717, 1.165) is 12.0 Å². The molecule has 17 heavy (non-hydrogen) atoms. The number of hydrogen-bond donors (Lipinski definition) is 0. The van der Waals surface area contributed by atoms with Gasteiger partial charge in [0.1, 0.15) is 0 Å². The highest BCUT2D eigenvalue weighted by atomic mass is 16.5. The summed E-state index contributed by atoms with van der Waals surface area (Å²) in [6.45, 7) is 7.38. The van der Waals surface area contributed by atoms with E-state index in [1.807, 2.05) is 13.8 Å². The van der Waals surface area contributed by atoms with E-state index in [4.69, 9.17) is 0 Å². The fourth-order valence-corrected chi connectivity index (χ4v) is 1.02. The minimum atomic E-state index is -0.575. The molecule has 4 heteroatoms. The molecular weight excluding hydrogens is 220 g/mol. The molecule has 0 N–H and O–H groups in total. The van der Waals surface area contributed by atoms with Crippen molar-refractivity contribution in [1.29, 1.82) is 0 Å². The van der Waals surface area contributed by atoms with Crippen LogP contribution in [0.25, 0.3) is 0 Å². The summed E-state index contributed by atoms with van der Waals surface area (Å²) in [6.07, 6.45) is 3.83. The number of ether oxygens (including phenoxy) is 2. The summed E-state index contributed by atoms with van der Waals surface area (Å²) in [4.78, 5) is 22.7. The van der Waals surface area contributed by atoms with Crippen molar-refractivity contribution in [3.05, 3.63) is 35.5 Å². The van der Waals surface area contributed by atoms with Crippen LogP contribution in [0.1, 0.15) is 20.3 Å². The Morgan fingerprint density at radius 2 is 1.65 bits per heavy atom. The fraction of sp³-hybridized carbons (Fsp3) is 0.385. The van der Waals surface area contributed by atoms with Crippen molar-refractivity contribution in [3.8, 4) is 0 Å². The summed E-state index contributed by atoms with van der Waals surface area (Å²) in [6, 6.07) is 0. The SMILES string of the molecule is C=C(/C=C(\C=C(/C)CC)C(=O)OC)C(=O)OC. The summed E-state index contributed by atoms with van der Waals surface area (Å²) in [5.74, 6) is -1.09. The average Bonchev–Trinajstić information content (AvgIpc) is 2.35. The molecule has 0 saturated carbocycles. The molecule has 0 radical (unpaired) electrons. The second kappa shape index (κ2) is 7.44. The lowest BCUT2D eigenvalue weighted by Gasteiger charge is -2.03. The van der Waals surface area contributed by atoms with Gasteiger partial charge in [0, 0.05) is 0 Å². The third kappa shape index (κ3) is 5.15. The molecule has 0 bridgehead atoms. The average molecular weight is 238 g/mol. The lowest BCUT2D eigenvalue weighted by atomic mass is 10.1. The van der Waals surface area contributed by atoms with Gasteiger partial charge in [-0.3, -0.25) is 0 Å². The Labute approximate surface area is 102 Å². The first-order chi connectivity index (χ1) is 7.96. The van der Waals surface area contributed by atoms with E-state index < -0.39 is 11.9 Å². The van der Waals surface area contributed by atoms with Gasteiger partial charge in [-0.05, 0) is 25.5 Å². The highest BCUT2D eigenvalue weighted by molar-refractivity contribution is 5.97. The maximum absolute atomic E-state index is 11.5. The van der Waals surface area contributed by atoms with Crippen molar-refractivity contribution in [3.63, 3.8) is 0 Å². The first-order valence-corrected chi connectivity index (χ1v) is 5.20. The molecular formula is C13H18O4. The quantitative estimate of drug-likeness (QED) is 0.418. The third-order valence-electron chi connectivity index (χ3n) is 2.16. The summed E-state index contributed by atoms with van der Waals surface area (Å²) < 4.78 is 9.13. The molecule has 94 valence electrons. The molecule has 0 aliphatic heterocycles. The number of methoxy groups -OCH3 is 2. The van der Waals surface area contributed by atoms with Crippen LogP contribution >= 0.6 is 0 Å². The molecule has 0 unspecified atom stereocenters. The van der Waals surface area contributed by atoms with Crippen molar-refractivity contribution in [2.45, 2.75) is 20.3 Å². The number of esters is 2. The highest BCUT2D eigenvalue weighted by Crippen LogP contribution is 2.10. The summed E-state index contributed by atoms with van der Waals surface area (Å²) in [5.41, 5.74) is 1.38. The van der Waals surface area contributed by atoms with Crippen LogP contribution in [0.2, 0.25) is 0 Å². The van der Waals surface area contributed by atoms with Crippen LogP contribution in [-0.2, 0) is 19.1 Å². The Balaban J connectivity index is 5.19. The van der Waals surface area contributed by atoms with Crippen molar-refractivity contribution >= 4 is 11.9 Å². The Kier molecular flexibility index (Phi) is 6.63. The van der Waals surface area contributed by atoms with E-state index in [9.17, 15) is 9.59 Å². The molecule has 0 aromatic rings. The van der Waals surface area contributed by atoms with Crippen molar-refractivity contribution in [2.24, 2.45) is 0 Å². The van der Waals surface area contributed by atoms with Crippen LogP contribution in [0.3, 0.4) is 0 Å². The number of rotatable bonds is 5. The maximum atomic E-state index is 11.5. The first kappa shape index (κ1) is 15.2. The summed E-state index contributed by atoms with van der Waals surface area (Å²) in [7, 11) is 2.54. The topological polar surface area (TPSA) is 52.6 Å². The van der Waals surface area contributed by atoms with Crippen LogP contribution in [0, 0.1) is 0 Å². The van der Waals surface area contributed by atoms with Crippen LogP contribution in [-0.4, -0.2) is 26.2 Å². The smallest absolute Gasteiger partial charge is 0.337 e. The second-order valence-corrected chi connectivity index (χ2v) is 3.45. The number of carbonyl (C=O) groups excluding carboxylic acids is 2. The highest BCUT2D eigenvalue weighted by Gasteiger charge is 2.11. The van der Waals surface area contributed by atoms with Crippen LogP contribution in [0.15, 0.2) is 35.5 Å². The monoisotopic (exact) mass is 238 g/mol. The predicted molar refractivity (Wildman–Crippen MR) is 65.3 cm³/mol. The zero-order valence-electron chi connectivity index (χ0n) is 10.7. The Bertz CT molecular complexity index is 375. The molecule has 0 aromatic heterocycles. The molecule has 0 heterocycles. The number of hydrogen-bond acceptors (Lipinski definition) is 4. The van der Waals surface area contributed by atoms with Gasteiger partial charge in [0.25, 0.3) is 0 Å². The molecule has 0 rings (SSSR count). The second-order valence-electron chi connectivity index (χ2n) is 3.45. The van der Waals surface area contributed by atoms with Crippen LogP contribution < -0.4 is 0 Å². The van der Waals surface area contributed by atoms with Gasteiger partial charge < -0.3 is 9.47 Å². The van der Waals surface area contributed by atoms with Gasteiger partial charge in [-0.1, -0.05) is 19.1 Å². The Morgan fingerprint density at radius 3 is 2.06 bits per heavy atom.